The van der Waals surface area contributed by atoms with E-state index in [1.54, 1.807) is 0 Å². The molecule has 0 aliphatic rings. The van der Waals surface area contributed by atoms with Gasteiger partial charge in [-0.1, -0.05) is 29.8 Å². The number of anilines is 1. The molecule has 0 aliphatic carbocycles. The summed E-state index contributed by atoms with van der Waals surface area (Å²) in [5.74, 6) is 1.53. The number of hydrogen-bond donors (Lipinski definition) is 2. The Morgan fingerprint density at radius 1 is 0.870 bits per heavy atom. The average molecular weight is 342 g/mol. The van der Waals surface area contributed by atoms with Crippen LogP contribution in [0.2, 0.25) is 5.02 Å². The molecule has 0 saturated carbocycles. The standard InChI is InChI=1S/C19H16ClNOS/c20-15-6-8-17(9-7-15)22-18-10-11-19(23)14(12-18)13-21-16-4-2-1-3-5-16/h1-12,21,23H,13H2. The summed E-state index contributed by atoms with van der Waals surface area (Å²) in [6, 6.07) is 23.2. The molecule has 3 aromatic rings. The Labute approximate surface area is 146 Å². The van der Waals surface area contributed by atoms with Crippen LogP contribution in [0, 0.1) is 0 Å². The molecule has 23 heavy (non-hydrogen) atoms. The quantitative estimate of drug-likeness (QED) is 0.552. The summed E-state index contributed by atoms with van der Waals surface area (Å²) in [4.78, 5) is 0.928. The van der Waals surface area contributed by atoms with Crippen molar-refractivity contribution in [2.45, 2.75) is 11.4 Å². The van der Waals surface area contributed by atoms with Crippen LogP contribution in [0.25, 0.3) is 0 Å². The Morgan fingerprint density at radius 3 is 2.30 bits per heavy atom. The molecular weight excluding hydrogens is 326 g/mol. The second-order valence-electron chi connectivity index (χ2n) is 5.07. The van der Waals surface area contributed by atoms with Crippen LogP contribution in [0.4, 0.5) is 5.69 Å². The van der Waals surface area contributed by atoms with Gasteiger partial charge in [0.1, 0.15) is 11.5 Å². The Balaban J connectivity index is 1.72. The molecule has 3 rings (SSSR count). The molecule has 0 heterocycles. The van der Waals surface area contributed by atoms with Crippen molar-refractivity contribution in [2.24, 2.45) is 0 Å². The molecule has 0 saturated heterocycles. The van der Waals surface area contributed by atoms with Crippen molar-refractivity contribution >= 4 is 29.9 Å². The maximum absolute atomic E-state index is 5.89. The second kappa shape index (κ2) is 7.44. The lowest BCUT2D eigenvalue weighted by molar-refractivity contribution is 0.481. The van der Waals surface area contributed by atoms with E-state index in [4.69, 9.17) is 16.3 Å². The number of hydrogen-bond acceptors (Lipinski definition) is 3. The number of ether oxygens (including phenoxy) is 1. The van der Waals surface area contributed by atoms with Gasteiger partial charge in [-0.2, -0.15) is 0 Å². The van der Waals surface area contributed by atoms with Crippen molar-refractivity contribution in [3.8, 4) is 11.5 Å². The predicted molar refractivity (Wildman–Crippen MR) is 99.0 cm³/mol. The molecule has 3 aromatic carbocycles. The molecule has 116 valence electrons. The first-order valence-corrected chi connectivity index (χ1v) is 8.07. The van der Waals surface area contributed by atoms with Gasteiger partial charge in [0.05, 0.1) is 0 Å². The molecular formula is C19H16ClNOS. The molecule has 0 fully saturated rings. The van der Waals surface area contributed by atoms with Gasteiger partial charge in [0, 0.05) is 22.2 Å². The summed E-state index contributed by atoms with van der Waals surface area (Å²) >= 11 is 10.4. The fraction of sp³-hybridized carbons (Fsp3) is 0.0526. The predicted octanol–water partition coefficient (Wildman–Crippen LogP) is 6.03. The lowest BCUT2D eigenvalue weighted by atomic mass is 10.2. The van der Waals surface area contributed by atoms with Crippen molar-refractivity contribution in [3.63, 3.8) is 0 Å². The molecule has 0 aliphatic heterocycles. The lowest BCUT2D eigenvalue weighted by Gasteiger charge is -2.11. The van der Waals surface area contributed by atoms with Gasteiger partial charge in [-0.25, -0.2) is 0 Å². The average Bonchev–Trinajstić information content (AvgIpc) is 2.58. The molecule has 0 bridgehead atoms. The van der Waals surface area contributed by atoms with Gasteiger partial charge in [-0.15, -0.1) is 12.6 Å². The molecule has 0 spiro atoms. The molecule has 0 aromatic heterocycles. The monoisotopic (exact) mass is 341 g/mol. The van der Waals surface area contributed by atoms with Gasteiger partial charge in [0.25, 0.3) is 0 Å². The van der Waals surface area contributed by atoms with Crippen LogP contribution in [0.3, 0.4) is 0 Å². The number of thiol groups is 1. The highest BCUT2D eigenvalue weighted by Crippen LogP contribution is 2.27. The Morgan fingerprint density at radius 2 is 1.57 bits per heavy atom. The van der Waals surface area contributed by atoms with E-state index in [0.717, 1.165) is 27.6 Å². The molecule has 2 nitrogen and oxygen atoms in total. The van der Waals surface area contributed by atoms with Crippen molar-refractivity contribution in [1.82, 2.24) is 0 Å². The number of halogens is 1. The van der Waals surface area contributed by atoms with Crippen LogP contribution in [0.15, 0.2) is 77.7 Å². The van der Waals surface area contributed by atoms with Crippen LogP contribution in [-0.2, 0) is 6.54 Å². The topological polar surface area (TPSA) is 21.3 Å². The van der Waals surface area contributed by atoms with E-state index in [0.29, 0.717) is 11.6 Å². The zero-order chi connectivity index (χ0) is 16.1. The molecule has 0 amide bonds. The number of para-hydroxylation sites is 1. The maximum Gasteiger partial charge on any atom is 0.127 e. The fourth-order valence-corrected chi connectivity index (χ4v) is 2.50. The maximum atomic E-state index is 5.89. The summed E-state index contributed by atoms with van der Waals surface area (Å²) in [5, 5.41) is 4.07. The summed E-state index contributed by atoms with van der Waals surface area (Å²) in [5.41, 5.74) is 2.15. The molecule has 0 atom stereocenters. The van der Waals surface area contributed by atoms with Crippen LogP contribution < -0.4 is 10.1 Å². The van der Waals surface area contributed by atoms with Crippen LogP contribution in [0.5, 0.6) is 11.5 Å². The van der Waals surface area contributed by atoms with Crippen LogP contribution >= 0.6 is 24.2 Å². The summed E-state index contributed by atoms with van der Waals surface area (Å²) < 4.78 is 5.86. The zero-order valence-corrected chi connectivity index (χ0v) is 14.0. The third kappa shape index (κ3) is 4.44. The third-order valence-electron chi connectivity index (χ3n) is 3.36. The van der Waals surface area contributed by atoms with E-state index >= 15 is 0 Å². The number of rotatable bonds is 5. The van der Waals surface area contributed by atoms with E-state index in [-0.39, 0.29) is 0 Å². The van der Waals surface area contributed by atoms with Crippen molar-refractivity contribution in [3.05, 3.63) is 83.4 Å². The molecule has 0 radical (unpaired) electrons. The number of nitrogens with one attached hydrogen (secondary N) is 1. The minimum absolute atomic E-state index is 0.681. The minimum Gasteiger partial charge on any atom is -0.457 e. The molecule has 0 unspecified atom stereocenters. The smallest absolute Gasteiger partial charge is 0.127 e. The van der Waals surface area contributed by atoms with Crippen molar-refractivity contribution < 1.29 is 4.74 Å². The van der Waals surface area contributed by atoms with E-state index < -0.39 is 0 Å². The summed E-state index contributed by atoms with van der Waals surface area (Å²) in [6.45, 7) is 0.681. The van der Waals surface area contributed by atoms with Gasteiger partial charge < -0.3 is 10.1 Å². The number of benzene rings is 3. The Kier molecular flexibility index (Phi) is 5.11. The molecule has 1 N–H and O–H groups in total. The van der Waals surface area contributed by atoms with Crippen LogP contribution in [-0.4, -0.2) is 0 Å². The summed E-state index contributed by atoms with van der Waals surface area (Å²) in [6.07, 6.45) is 0. The highest BCUT2D eigenvalue weighted by atomic mass is 35.5. The highest BCUT2D eigenvalue weighted by molar-refractivity contribution is 7.80. The first-order valence-electron chi connectivity index (χ1n) is 7.25. The van der Waals surface area contributed by atoms with Gasteiger partial charge in [-0.05, 0) is 60.2 Å². The second-order valence-corrected chi connectivity index (χ2v) is 5.98. The lowest BCUT2D eigenvalue weighted by Crippen LogP contribution is -2.00. The van der Waals surface area contributed by atoms with E-state index in [1.165, 1.54) is 0 Å². The Bertz CT molecular complexity index is 775. The summed E-state index contributed by atoms with van der Waals surface area (Å²) in [7, 11) is 0. The largest absolute Gasteiger partial charge is 0.457 e. The normalized spacial score (nSPS) is 10.3. The van der Waals surface area contributed by atoms with Crippen molar-refractivity contribution in [2.75, 3.05) is 5.32 Å². The van der Waals surface area contributed by atoms with Gasteiger partial charge in [0.15, 0.2) is 0 Å². The first-order chi connectivity index (χ1) is 11.2. The third-order valence-corrected chi connectivity index (χ3v) is 4.05. The van der Waals surface area contributed by atoms with Gasteiger partial charge in [0.2, 0.25) is 0 Å². The van der Waals surface area contributed by atoms with E-state index in [1.807, 2.05) is 72.8 Å². The first kappa shape index (κ1) is 15.8. The molecule has 4 heteroatoms. The Hall–Kier alpha value is -2.10. The fourth-order valence-electron chi connectivity index (χ4n) is 2.16. The SMILES string of the molecule is Sc1ccc(Oc2ccc(Cl)cc2)cc1CNc1ccccc1. The van der Waals surface area contributed by atoms with E-state index in [2.05, 4.69) is 17.9 Å². The van der Waals surface area contributed by atoms with Crippen molar-refractivity contribution in [1.29, 1.82) is 0 Å². The van der Waals surface area contributed by atoms with E-state index in [9.17, 15) is 0 Å². The van der Waals surface area contributed by atoms with Gasteiger partial charge >= 0.3 is 0 Å². The van der Waals surface area contributed by atoms with Gasteiger partial charge in [-0.3, -0.25) is 0 Å². The van der Waals surface area contributed by atoms with Crippen LogP contribution in [0.1, 0.15) is 5.56 Å². The highest BCUT2D eigenvalue weighted by Gasteiger charge is 2.04. The zero-order valence-electron chi connectivity index (χ0n) is 12.4. The minimum atomic E-state index is 0.681.